The summed E-state index contributed by atoms with van der Waals surface area (Å²) in [6, 6.07) is 6.36. The van der Waals surface area contributed by atoms with Crippen LogP contribution in [0.1, 0.15) is 46.0 Å². The van der Waals surface area contributed by atoms with E-state index in [0.717, 1.165) is 19.3 Å². The van der Waals surface area contributed by atoms with Crippen LogP contribution in [0.25, 0.3) is 4.85 Å². The summed E-state index contributed by atoms with van der Waals surface area (Å²) in [7, 11) is 0. The molecular formula is C21H24N2O4. The Bertz CT molecular complexity index is 772. The Morgan fingerprint density at radius 3 is 2.41 bits per heavy atom. The van der Waals surface area contributed by atoms with Crippen LogP contribution in [0.15, 0.2) is 36.1 Å². The van der Waals surface area contributed by atoms with Crippen LogP contribution in [0.5, 0.6) is 5.75 Å². The molecule has 27 heavy (non-hydrogen) atoms. The lowest BCUT2D eigenvalue weighted by molar-refractivity contribution is -0.138. The lowest BCUT2D eigenvalue weighted by atomic mass is 10.0. The average molecular weight is 368 g/mol. The summed E-state index contributed by atoms with van der Waals surface area (Å²) in [6.07, 6.45) is 5.09. The SMILES string of the molecule is [C-]#[N+]c1ccc(OC2=CC(=O)N(CCCCCCC(=O)C(C)C)C2=O)cc1. The highest BCUT2D eigenvalue weighted by molar-refractivity contribution is 6.15. The van der Waals surface area contributed by atoms with Crippen molar-refractivity contribution in [3.63, 3.8) is 0 Å². The first kappa shape index (κ1) is 20.4. The van der Waals surface area contributed by atoms with Gasteiger partial charge in [-0.2, -0.15) is 0 Å². The third-order valence-corrected chi connectivity index (χ3v) is 4.37. The second-order valence-corrected chi connectivity index (χ2v) is 6.80. The van der Waals surface area contributed by atoms with E-state index in [4.69, 9.17) is 11.3 Å². The maximum atomic E-state index is 12.3. The molecule has 0 radical (unpaired) electrons. The molecule has 6 heteroatoms. The molecule has 0 saturated heterocycles. The Balaban J connectivity index is 1.75. The number of unbranched alkanes of at least 4 members (excludes halogenated alkanes) is 3. The number of carbonyl (C=O) groups is 3. The summed E-state index contributed by atoms with van der Waals surface area (Å²) >= 11 is 0. The zero-order chi connectivity index (χ0) is 19.8. The Labute approximate surface area is 159 Å². The number of imide groups is 1. The standard InChI is InChI=1S/C21H24N2O4/c1-15(2)18(24)8-6-4-5-7-13-23-20(25)14-19(21(23)26)27-17-11-9-16(22-3)10-12-17/h9-12,14-15H,4-8,13H2,1-2H3. The van der Waals surface area contributed by atoms with Crippen molar-refractivity contribution < 1.29 is 19.1 Å². The van der Waals surface area contributed by atoms with Gasteiger partial charge >= 0.3 is 0 Å². The number of Topliss-reactive ketones (excluding diaryl/α,β-unsaturated/α-hetero) is 1. The summed E-state index contributed by atoms with van der Waals surface area (Å²) in [5.41, 5.74) is 0.474. The summed E-state index contributed by atoms with van der Waals surface area (Å²) in [5, 5.41) is 0. The molecule has 1 aromatic rings. The predicted molar refractivity (Wildman–Crippen MR) is 101 cm³/mol. The number of ketones is 1. The molecule has 0 aliphatic carbocycles. The van der Waals surface area contributed by atoms with Gasteiger partial charge in [0, 0.05) is 18.9 Å². The fraction of sp³-hybridized carbons (Fsp3) is 0.429. The number of ether oxygens (including phenoxy) is 1. The summed E-state index contributed by atoms with van der Waals surface area (Å²) < 4.78 is 5.49. The van der Waals surface area contributed by atoms with Crippen LogP contribution in [0.4, 0.5) is 5.69 Å². The van der Waals surface area contributed by atoms with Gasteiger partial charge in [0.05, 0.1) is 12.6 Å². The first-order chi connectivity index (χ1) is 12.9. The largest absolute Gasteiger partial charge is 0.451 e. The molecule has 1 aromatic carbocycles. The van der Waals surface area contributed by atoms with E-state index in [2.05, 4.69) is 4.85 Å². The van der Waals surface area contributed by atoms with Gasteiger partial charge in [-0.1, -0.05) is 38.8 Å². The highest BCUT2D eigenvalue weighted by Crippen LogP contribution is 2.23. The molecule has 142 valence electrons. The van der Waals surface area contributed by atoms with Gasteiger partial charge in [-0.3, -0.25) is 19.3 Å². The Kier molecular flexibility index (Phi) is 7.30. The van der Waals surface area contributed by atoms with Crippen molar-refractivity contribution in [2.75, 3.05) is 6.54 Å². The maximum absolute atomic E-state index is 12.3. The predicted octanol–water partition coefficient (Wildman–Crippen LogP) is 4.04. The fourth-order valence-corrected chi connectivity index (χ4v) is 2.70. The van der Waals surface area contributed by atoms with Crippen LogP contribution < -0.4 is 4.74 Å². The molecule has 0 unspecified atom stereocenters. The number of hydrogen-bond donors (Lipinski definition) is 0. The molecule has 0 bridgehead atoms. The third-order valence-electron chi connectivity index (χ3n) is 4.37. The van der Waals surface area contributed by atoms with E-state index < -0.39 is 5.91 Å². The van der Waals surface area contributed by atoms with Crippen LogP contribution >= 0.6 is 0 Å². The van der Waals surface area contributed by atoms with E-state index in [1.807, 2.05) is 13.8 Å². The van der Waals surface area contributed by atoms with Crippen molar-refractivity contribution in [1.29, 1.82) is 0 Å². The van der Waals surface area contributed by atoms with E-state index in [-0.39, 0.29) is 23.4 Å². The molecule has 0 aromatic heterocycles. The third kappa shape index (κ3) is 5.78. The molecule has 6 nitrogen and oxygen atoms in total. The van der Waals surface area contributed by atoms with Crippen molar-refractivity contribution >= 4 is 23.3 Å². The normalized spacial score (nSPS) is 13.7. The molecular weight excluding hydrogens is 344 g/mol. The second-order valence-electron chi connectivity index (χ2n) is 6.80. The van der Waals surface area contributed by atoms with Crippen LogP contribution in [0.2, 0.25) is 0 Å². The zero-order valence-electron chi connectivity index (χ0n) is 15.7. The van der Waals surface area contributed by atoms with Crippen LogP contribution in [0.3, 0.4) is 0 Å². The van der Waals surface area contributed by atoms with E-state index >= 15 is 0 Å². The van der Waals surface area contributed by atoms with Gasteiger partial charge in [-0.25, -0.2) is 4.85 Å². The fourth-order valence-electron chi connectivity index (χ4n) is 2.70. The average Bonchev–Trinajstić information content (AvgIpc) is 2.91. The number of nitrogens with zero attached hydrogens (tertiary/aromatic N) is 2. The number of amides is 2. The molecule has 1 aliphatic rings. The van der Waals surface area contributed by atoms with E-state index in [9.17, 15) is 14.4 Å². The molecule has 0 spiro atoms. The van der Waals surface area contributed by atoms with Crippen molar-refractivity contribution in [1.82, 2.24) is 4.90 Å². The van der Waals surface area contributed by atoms with Gasteiger partial charge in [-0.15, -0.1) is 0 Å². The highest BCUT2D eigenvalue weighted by Gasteiger charge is 2.32. The van der Waals surface area contributed by atoms with Gasteiger partial charge in [0.1, 0.15) is 11.5 Å². The van der Waals surface area contributed by atoms with E-state index in [1.54, 1.807) is 24.3 Å². The zero-order valence-corrected chi connectivity index (χ0v) is 15.7. The molecule has 0 atom stereocenters. The topological polar surface area (TPSA) is 68.0 Å². The molecule has 2 amide bonds. The lowest BCUT2D eigenvalue weighted by Crippen LogP contribution is -2.32. The van der Waals surface area contributed by atoms with Gasteiger partial charge in [0.2, 0.25) is 0 Å². The van der Waals surface area contributed by atoms with Crippen molar-refractivity contribution in [2.45, 2.75) is 46.0 Å². The molecule has 1 aliphatic heterocycles. The number of hydrogen-bond acceptors (Lipinski definition) is 4. The summed E-state index contributed by atoms with van der Waals surface area (Å²) in [5.74, 6) is -0.0567. The monoisotopic (exact) mass is 368 g/mol. The Hall–Kier alpha value is -2.94. The second kappa shape index (κ2) is 9.67. The molecule has 0 N–H and O–H groups in total. The van der Waals surface area contributed by atoms with Crippen molar-refractivity contribution in [2.24, 2.45) is 5.92 Å². The summed E-state index contributed by atoms with van der Waals surface area (Å²) in [4.78, 5) is 40.4. The minimum atomic E-state index is -0.441. The Morgan fingerprint density at radius 2 is 1.78 bits per heavy atom. The maximum Gasteiger partial charge on any atom is 0.296 e. The summed E-state index contributed by atoms with van der Waals surface area (Å²) in [6.45, 7) is 11.1. The van der Waals surface area contributed by atoms with Crippen LogP contribution in [-0.4, -0.2) is 29.0 Å². The number of benzene rings is 1. The minimum absolute atomic E-state index is 0.00177. The Morgan fingerprint density at radius 1 is 1.11 bits per heavy atom. The molecule has 0 saturated carbocycles. The molecule has 0 fully saturated rings. The van der Waals surface area contributed by atoms with Gasteiger partial charge in [0.15, 0.2) is 11.4 Å². The first-order valence-electron chi connectivity index (χ1n) is 9.18. The minimum Gasteiger partial charge on any atom is -0.451 e. The first-order valence-corrected chi connectivity index (χ1v) is 9.18. The van der Waals surface area contributed by atoms with Crippen molar-refractivity contribution in [3.05, 3.63) is 47.5 Å². The quantitative estimate of drug-likeness (QED) is 0.355. The molecule has 1 heterocycles. The van der Waals surface area contributed by atoms with E-state index in [1.165, 1.54) is 11.0 Å². The van der Waals surface area contributed by atoms with Crippen LogP contribution in [-0.2, 0) is 14.4 Å². The van der Waals surface area contributed by atoms with Crippen molar-refractivity contribution in [3.8, 4) is 5.75 Å². The van der Waals surface area contributed by atoms with Gasteiger partial charge < -0.3 is 4.74 Å². The molecule has 2 rings (SSSR count). The van der Waals surface area contributed by atoms with E-state index in [0.29, 0.717) is 30.8 Å². The van der Waals surface area contributed by atoms with Gasteiger partial charge in [0.25, 0.3) is 11.8 Å². The number of carbonyl (C=O) groups excluding carboxylic acids is 3. The lowest BCUT2D eigenvalue weighted by Gasteiger charge is -2.14. The smallest absolute Gasteiger partial charge is 0.296 e. The van der Waals surface area contributed by atoms with Crippen LogP contribution in [0, 0.1) is 12.5 Å². The van der Waals surface area contributed by atoms with Gasteiger partial charge in [-0.05, 0) is 25.0 Å². The number of rotatable bonds is 10. The highest BCUT2D eigenvalue weighted by atomic mass is 16.5.